The molecule has 7 nitrogen and oxygen atoms in total. The zero-order valence-electron chi connectivity index (χ0n) is 17.9. The van der Waals surface area contributed by atoms with Crippen LogP contribution in [0.15, 0.2) is 59.8 Å². The number of rotatable bonds is 5. The summed E-state index contributed by atoms with van der Waals surface area (Å²) in [6.45, 7) is 5.96. The summed E-state index contributed by atoms with van der Waals surface area (Å²) in [5.41, 5.74) is 5.38. The maximum atomic E-state index is 12.8. The highest BCUT2D eigenvalue weighted by Gasteiger charge is 2.15. The van der Waals surface area contributed by atoms with Gasteiger partial charge in [-0.05, 0) is 55.2 Å². The number of methoxy groups -OCH3 is 1. The molecule has 4 rings (SSSR count). The first-order valence-corrected chi connectivity index (χ1v) is 9.99. The van der Waals surface area contributed by atoms with Crippen LogP contribution in [0.1, 0.15) is 40.0 Å². The Morgan fingerprint density at radius 1 is 1.13 bits per heavy atom. The van der Waals surface area contributed by atoms with Crippen LogP contribution in [0.25, 0.3) is 16.8 Å². The topological polar surface area (TPSA) is 88.5 Å². The van der Waals surface area contributed by atoms with Gasteiger partial charge in [0, 0.05) is 24.7 Å². The van der Waals surface area contributed by atoms with Crippen molar-refractivity contribution >= 4 is 11.4 Å². The number of H-pyrrole nitrogens is 1. The van der Waals surface area contributed by atoms with Crippen molar-refractivity contribution in [2.24, 2.45) is 0 Å². The minimum atomic E-state index is -0.265. The lowest BCUT2D eigenvalue weighted by Gasteiger charge is -2.13. The molecule has 1 aromatic carbocycles. The van der Waals surface area contributed by atoms with E-state index in [2.05, 4.69) is 15.3 Å². The quantitative estimate of drug-likeness (QED) is 0.518. The van der Waals surface area contributed by atoms with Crippen LogP contribution in [0, 0.1) is 13.8 Å². The molecule has 0 fully saturated rings. The fraction of sp³-hybridized carbons (Fsp3) is 0.208. The summed E-state index contributed by atoms with van der Waals surface area (Å²) in [5.74, 6) is 0.249. The fourth-order valence-electron chi connectivity index (χ4n) is 3.44. The van der Waals surface area contributed by atoms with Gasteiger partial charge >= 0.3 is 0 Å². The summed E-state index contributed by atoms with van der Waals surface area (Å²) in [7, 11) is 1.55. The molecule has 0 unspecified atom stereocenters. The van der Waals surface area contributed by atoms with E-state index in [9.17, 15) is 9.59 Å². The zero-order chi connectivity index (χ0) is 22.1. The summed E-state index contributed by atoms with van der Waals surface area (Å²) in [4.78, 5) is 32.5. The molecule has 3 heterocycles. The average Bonchev–Trinajstić information content (AvgIpc) is 3.21. The predicted octanol–water partition coefficient (Wildman–Crippen LogP) is 3.81. The monoisotopic (exact) mass is 416 g/mol. The fourth-order valence-corrected chi connectivity index (χ4v) is 3.44. The van der Waals surface area contributed by atoms with Crippen molar-refractivity contribution in [3.8, 4) is 17.1 Å². The number of carbonyl (C=O) groups is 1. The summed E-state index contributed by atoms with van der Waals surface area (Å²) in [6.07, 6.45) is 5.17. The minimum Gasteiger partial charge on any atom is -0.481 e. The van der Waals surface area contributed by atoms with Crippen molar-refractivity contribution < 1.29 is 9.53 Å². The van der Waals surface area contributed by atoms with Gasteiger partial charge in [-0.3, -0.25) is 9.59 Å². The van der Waals surface area contributed by atoms with Crippen LogP contribution in [0.5, 0.6) is 5.88 Å². The van der Waals surface area contributed by atoms with Gasteiger partial charge in [0.1, 0.15) is 5.52 Å². The van der Waals surface area contributed by atoms with Gasteiger partial charge in [-0.25, -0.2) is 4.98 Å². The third-order valence-corrected chi connectivity index (χ3v) is 5.49. The lowest BCUT2D eigenvalue weighted by atomic mass is 10.0. The zero-order valence-corrected chi connectivity index (χ0v) is 17.9. The number of nitrogens with zero attached hydrogens (tertiary/aromatic N) is 2. The molecule has 0 bridgehead atoms. The molecule has 2 N–H and O–H groups in total. The van der Waals surface area contributed by atoms with Gasteiger partial charge in [0.2, 0.25) is 5.88 Å². The lowest BCUT2D eigenvalue weighted by molar-refractivity contribution is 0.0940. The number of nitrogens with one attached hydrogen (secondary N) is 2. The van der Waals surface area contributed by atoms with E-state index < -0.39 is 0 Å². The number of fused-ring (bicyclic) bond motifs is 1. The molecule has 3 aromatic heterocycles. The lowest BCUT2D eigenvalue weighted by Crippen LogP contribution is -2.26. The Morgan fingerprint density at radius 2 is 1.94 bits per heavy atom. The van der Waals surface area contributed by atoms with E-state index in [1.807, 2.05) is 51.2 Å². The Balaban J connectivity index is 1.60. The van der Waals surface area contributed by atoms with Crippen LogP contribution < -0.4 is 15.6 Å². The van der Waals surface area contributed by atoms with E-state index in [0.717, 1.165) is 16.7 Å². The summed E-state index contributed by atoms with van der Waals surface area (Å²) in [5, 5.41) is 2.95. The first kappa shape index (κ1) is 20.4. The molecule has 0 aliphatic carbocycles. The SMILES string of the molecule is COc1ccc([C@H](C)NC(=O)c2cc3c(=O)[nH]c(-c4ccc(C)c(C)c4)cn3c2)cn1. The number of aromatic nitrogens is 3. The number of carbonyl (C=O) groups excluding carboxylic acids is 1. The minimum absolute atomic E-state index is 0.248. The molecule has 4 aromatic rings. The predicted molar refractivity (Wildman–Crippen MR) is 120 cm³/mol. The maximum absolute atomic E-state index is 12.8. The maximum Gasteiger partial charge on any atom is 0.272 e. The Labute approximate surface area is 179 Å². The van der Waals surface area contributed by atoms with E-state index in [1.54, 1.807) is 36.0 Å². The molecular weight excluding hydrogens is 392 g/mol. The molecule has 0 spiro atoms. The van der Waals surface area contributed by atoms with Gasteiger partial charge in [0.25, 0.3) is 11.5 Å². The van der Waals surface area contributed by atoms with Crippen molar-refractivity contribution in [3.05, 3.63) is 87.6 Å². The second-order valence-electron chi connectivity index (χ2n) is 7.65. The first-order valence-electron chi connectivity index (χ1n) is 9.99. The summed E-state index contributed by atoms with van der Waals surface area (Å²) >= 11 is 0. The largest absolute Gasteiger partial charge is 0.481 e. The first-order chi connectivity index (χ1) is 14.9. The number of aryl methyl sites for hydroxylation is 2. The van der Waals surface area contributed by atoms with Crippen LogP contribution in [0.3, 0.4) is 0 Å². The average molecular weight is 416 g/mol. The van der Waals surface area contributed by atoms with E-state index in [4.69, 9.17) is 4.74 Å². The number of amides is 1. The van der Waals surface area contributed by atoms with Crippen LogP contribution in [-0.4, -0.2) is 27.4 Å². The molecule has 0 aliphatic rings. The Hall–Kier alpha value is -3.87. The van der Waals surface area contributed by atoms with Crippen LogP contribution in [0.4, 0.5) is 0 Å². The Kier molecular flexibility index (Phi) is 5.33. The van der Waals surface area contributed by atoms with Crippen molar-refractivity contribution in [1.29, 1.82) is 0 Å². The van der Waals surface area contributed by atoms with E-state index >= 15 is 0 Å². The number of hydrogen-bond donors (Lipinski definition) is 2. The second kappa shape index (κ2) is 8.10. The third kappa shape index (κ3) is 4.07. The third-order valence-electron chi connectivity index (χ3n) is 5.49. The second-order valence-corrected chi connectivity index (χ2v) is 7.65. The molecule has 0 saturated heterocycles. The number of aromatic amines is 1. The standard InChI is InChI=1S/C24H24N4O3/c1-14-5-6-17(9-15(14)2)20-13-28-12-19(10-21(28)24(30)27-20)23(29)26-16(3)18-7-8-22(31-4)25-11-18/h5-13,16H,1-4H3,(H,26,29)(H,27,30)/t16-/m0/s1. The molecule has 7 heteroatoms. The normalized spacial score (nSPS) is 12.0. The van der Waals surface area contributed by atoms with Gasteiger partial charge in [0.05, 0.1) is 24.4 Å². The van der Waals surface area contributed by atoms with Crippen molar-refractivity contribution in [2.75, 3.05) is 7.11 Å². The van der Waals surface area contributed by atoms with Crippen molar-refractivity contribution in [2.45, 2.75) is 26.8 Å². The molecule has 1 atom stereocenters. The van der Waals surface area contributed by atoms with Gasteiger partial charge in [-0.1, -0.05) is 18.2 Å². The van der Waals surface area contributed by atoms with E-state index in [1.165, 1.54) is 5.56 Å². The molecule has 31 heavy (non-hydrogen) atoms. The number of pyridine rings is 1. The molecular formula is C24H24N4O3. The van der Waals surface area contributed by atoms with E-state index in [0.29, 0.717) is 22.7 Å². The van der Waals surface area contributed by atoms with Crippen molar-refractivity contribution in [3.63, 3.8) is 0 Å². The van der Waals surface area contributed by atoms with Gasteiger partial charge in [-0.2, -0.15) is 0 Å². The smallest absolute Gasteiger partial charge is 0.272 e. The van der Waals surface area contributed by atoms with Gasteiger partial charge < -0.3 is 19.4 Å². The molecule has 158 valence electrons. The Bertz CT molecular complexity index is 1320. The van der Waals surface area contributed by atoms with Crippen LogP contribution >= 0.6 is 0 Å². The van der Waals surface area contributed by atoms with E-state index in [-0.39, 0.29) is 17.5 Å². The van der Waals surface area contributed by atoms with Crippen LogP contribution in [0.2, 0.25) is 0 Å². The van der Waals surface area contributed by atoms with Gasteiger partial charge in [0.15, 0.2) is 0 Å². The highest BCUT2D eigenvalue weighted by Crippen LogP contribution is 2.21. The van der Waals surface area contributed by atoms with Gasteiger partial charge in [-0.15, -0.1) is 0 Å². The summed E-state index contributed by atoms with van der Waals surface area (Å²) in [6, 6.07) is 11.0. The number of benzene rings is 1. The summed E-state index contributed by atoms with van der Waals surface area (Å²) < 4.78 is 6.76. The highest BCUT2D eigenvalue weighted by molar-refractivity contribution is 5.95. The number of hydrogen-bond acceptors (Lipinski definition) is 4. The molecule has 0 radical (unpaired) electrons. The molecule has 1 amide bonds. The molecule has 0 aliphatic heterocycles. The Morgan fingerprint density at radius 3 is 2.61 bits per heavy atom. The highest BCUT2D eigenvalue weighted by atomic mass is 16.5. The van der Waals surface area contributed by atoms with Crippen molar-refractivity contribution in [1.82, 2.24) is 19.7 Å². The number of ether oxygens (including phenoxy) is 1. The van der Waals surface area contributed by atoms with Crippen LogP contribution in [-0.2, 0) is 0 Å². The molecule has 0 saturated carbocycles.